The first-order valence-electron chi connectivity index (χ1n) is 8.87. The third-order valence-corrected chi connectivity index (χ3v) is 5.65. The highest BCUT2D eigenvalue weighted by Gasteiger charge is 2.70. The van der Waals surface area contributed by atoms with Gasteiger partial charge in [0, 0.05) is 31.1 Å². The predicted octanol–water partition coefficient (Wildman–Crippen LogP) is 2.39. The van der Waals surface area contributed by atoms with E-state index in [2.05, 4.69) is 10.5 Å². The number of amides is 2. The SMILES string of the molecule is Cc1cc(C2(CNC(=O)OCc3ccccc3)[C@@H]3CN(C(=O)O)C[C@@H]32)no1. The fraction of sp³-hybridized carbons (Fsp3) is 0.421. The number of nitrogens with zero attached hydrogens (tertiary/aromatic N) is 2. The second-order valence-electron chi connectivity index (χ2n) is 7.18. The maximum absolute atomic E-state index is 12.1. The van der Waals surface area contributed by atoms with Crippen molar-refractivity contribution in [1.82, 2.24) is 15.4 Å². The van der Waals surface area contributed by atoms with Gasteiger partial charge in [-0.25, -0.2) is 9.59 Å². The second-order valence-corrected chi connectivity index (χ2v) is 7.18. The van der Waals surface area contributed by atoms with E-state index in [9.17, 15) is 14.7 Å². The molecule has 0 spiro atoms. The van der Waals surface area contributed by atoms with Crippen molar-refractivity contribution in [3.8, 4) is 0 Å². The summed E-state index contributed by atoms with van der Waals surface area (Å²) in [4.78, 5) is 24.8. The van der Waals surface area contributed by atoms with Crippen LogP contribution in [0.4, 0.5) is 9.59 Å². The first-order valence-corrected chi connectivity index (χ1v) is 8.87. The van der Waals surface area contributed by atoms with Crippen LogP contribution >= 0.6 is 0 Å². The van der Waals surface area contributed by atoms with E-state index in [1.807, 2.05) is 43.3 Å². The lowest BCUT2D eigenvalue weighted by Crippen LogP contribution is -2.40. The number of carboxylic acid groups (broad SMARTS) is 1. The number of aryl methyl sites for hydroxylation is 1. The van der Waals surface area contributed by atoms with E-state index >= 15 is 0 Å². The molecule has 4 rings (SSSR count). The van der Waals surface area contributed by atoms with E-state index in [1.54, 1.807) is 0 Å². The topological polar surface area (TPSA) is 105 Å². The van der Waals surface area contributed by atoms with Crippen molar-refractivity contribution >= 4 is 12.2 Å². The number of aromatic nitrogens is 1. The first kappa shape index (κ1) is 17.4. The van der Waals surface area contributed by atoms with Crippen LogP contribution in [0.3, 0.4) is 0 Å². The molecule has 1 aliphatic carbocycles. The number of hydrogen-bond donors (Lipinski definition) is 2. The number of hydrogen-bond acceptors (Lipinski definition) is 5. The molecule has 0 radical (unpaired) electrons. The highest BCUT2D eigenvalue weighted by Crippen LogP contribution is 2.63. The standard InChI is InChI=1S/C19H21N3O5/c1-12-7-16(21-27-12)19(14-8-22(18(24)25)9-15(14)19)11-20-17(23)26-10-13-5-3-2-4-6-13/h2-7,14-15H,8-11H2,1H3,(H,20,23)(H,24,25)/t14-,15+,19?. The average molecular weight is 371 g/mol. The normalized spacial score (nSPS) is 25.7. The number of piperidine rings is 1. The van der Waals surface area contributed by atoms with E-state index in [0.717, 1.165) is 11.3 Å². The number of nitrogens with one attached hydrogen (secondary N) is 1. The Bertz CT molecular complexity index is 838. The molecule has 8 nitrogen and oxygen atoms in total. The lowest BCUT2D eigenvalue weighted by atomic mass is 9.95. The predicted molar refractivity (Wildman–Crippen MR) is 94.1 cm³/mol. The molecular formula is C19H21N3O5. The number of rotatable bonds is 5. The van der Waals surface area contributed by atoms with Crippen molar-refractivity contribution in [3.63, 3.8) is 0 Å². The van der Waals surface area contributed by atoms with Gasteiger partial charge >= 0.3 is 12.2 Å². The second kappa shape index (κ2) is 6.61. The van der Waals surface area contributed by atoms with E-state index in [-0.39, 0.29) is 18.4 Å². The molecule has 1 aromatic heterocycles. The Labute approximate surface area is 156 Å². The van der Waals surface area contributed by atoms with Crippen molar-refractivity contribution in [2.75, 3.05) is 19.6 Å². The van der Waals surface area contributed by atoms with Gasteiger partial charge in [0.15, 0.2) is 0 Å². The van der Waals surface area contributed by atoms with Gasteiger partial charge in [-0.2, -0.15) is 0 Å². The van der Waals surface area contributed by atoms with Crippen LogP contribution in [0, 0.1) is 18.8 Å². The first-order chi connectivity index (χ1) is 13.0. The number of fused-ring (bicyclic) bond motifs is 1. The van der Waals surface area contributed by atoms with Crippen LogP contribution in [-0.2, 0) is 16.8 Å². The maximum atomic E-state index is 12.1. The van der Waals surface area contributed by atoms with Gasteiger partial charge in [0.25, 0.3) is 0 Å². The molecule has 2 amide bonds. The molecule has 2 N–H and O–H groups in total. The third kappa shape index (κ3) is 3.11. The molecule has 0 bridgehead atoms. The van der Waals surface area contributed by atoms with Crippen molar-refractivity contribution in [1.29, 1.82) is 0 Å². The van der Waals surface area contributed by atoms with Crippen LogP contribution in [0.5, 0.6) is 0 Å². The monoisotopic (exact) mass is 371 g/mol. The number of benzene rings is 1. The number of likely N-dealkylation sites (tertiary alicyclic amines) is 1. The summed E-state index contributed by atoms with van der Waals surface area (Å²) in [6, 6.07) is 11.3. The van der Waals surface area contributed by atoms with E-state index < -0.39 is 17.6 Å². The molecule has 1 saturated heterocycles. The lowest BCUT2D eigenvalue weighted by molar-refractivity contribution is 0.134. The summed E-state index contributed by atoms with van der Waals surface area (Å²) in [6.07, 6.45) is -1.42. The van der Waals surface area contributed by atoms with Gasteiger partial charge in [-0.3, -0.25) is 0 Å². The Morgan fingerprint density at radius 2 is 2.04 bits per heavy atom. The summed E-state index contributed by atoms with van der Waals surface area (Å²) in [5.74, 6) is 0.927. The number of ether oxygens (including phenoxy) is 1. The average Bonchev–Trinajstić information content (AvgIpc) is 3.03. The van der Waals surface area contributed by atoms with Gasteiger partial charge in [-0.05, 0) is 24.3 Å². The van der Waals surface area contributed by atoms with Crippen LogP contribution < -0.4 is 5.32 Å². The highest BCUT2D eigenvalue weighted by molar-refractivity contribution is 5.68. The molecule has 1 aliphatic heterocycles. The van der Waals surface area contributed by atoms with Crippen molar-refractivity contribution in [2.24, 2.45) is 11.8 Å². The van der Waals surface area contributed by atoms with Gasteiger partial charge in [-0.15, -0.1) is 0 Å². The summed E-state index contributed by atoms with van der Waals surface area (Å²) in [5, 5.41) is 16.2. The molecule has 1 unspecified atom stereocenters. The molecule has 2 aromatic rings. The number of alkyl carbamates (subject to hydrolysis) is 1. The summed E-state index contributed by atoms with van der Waals surface area (Å²) in [6.45, 7) is 3.23. The largest absolute Gasteiger partial charge is 0.465 e. The van der Waals surface area contributed by atoms with E-state index in [4.69, 9.17) is 9.26 Å². The molecule has 2 aliphatic rings. The van der Waals surface area contributed by atoms with Gasteiger partial charge in [0.2, 0.25) is 0 Å². The molecule has 2 fully saturated rings. The fourth-order valence-electron chi connectivity index (χ4n) is 4.20. The van der Waals surface area contributed by atoms with Gasteiger partial charge in [-0.1, -0.05) is 35.5 Å². The Balaban J connectivity index is 1.40. The zero-order chi connectivity index (χ0) is 19.0. The zero-order valence-corrected chi connectivity index (χ0v) is 14.9. The smallest absolute Gasteiger partial charge is 0.407 e. The minimum Gasteiger partial charge on any atom is -0.465 e. The van der Waals surface area contributed by atoms with Crippen LogP contribution in [0.1, 0.15) is 17.0 Å². The summed E-state index contributed by atoms with van der Waals surface area (Å²) < 4.78 is 10.5. The zero-order valence-electron chi connectivity index (χ0n) is 14.9. The Hall–Kier alpha value is -3.03. The quantitative estimate of drug-likeness (QED) is 0.836. The minimum atomic E-state index is -0.914. The molecule has 2 heterocycles. The highest BCUT2D eigenvalue weighted by atomic mass is 16.5. The number of carbonyl (C=O) groups is 2. The fourth-order valence-corrected chi connectivity index (χ4v) is 4.20. The van der Waals surface area contributed by atoms with Gasteiger partial charge in [0.1, 0.15) is 12.4 Å². The molecular weight excluding hydrogens is 350 g/mol. The Morgan fingerprint density at radius 3 is 2.63 bits per heavy atom. The van der Waals surface area contributed by atoms with Crippen LogP contribution in [0.25, 0.3) is 0 Å². The molecule has 3 atom stereocenters. The van der Waals surface area contributed by atoms with E-state index in [1.165, 1.54) is 4.90 Å². The van der Waals surface area contributed by atoms with Crippen molar-refractivity contribution in [2.45, 2.75) is 18.9 Å². The molecule has 142 valence electrons. The molecule has 1 saturated carbocycles. The Kier molecular flexibility index (Phi) is 4.25. The summed E-state index contributed by atoms with van der Waals surface area (Å²) in [5.41, 5.74) is 1.29. The summed E-state index contributed by atoms with van der Waals surface area (Å²) >= 11 is 0. The van der Waals surface area contributed by atoms with Crippen LogP contribution in [-0.4, -0.2) is 47.0 Å². The van der Waals surface area contributed by atoms with Gasteiger partial charge in [0.05, 0.1) is 5.69 Å². The van der Waals surface area contributed by atoms with Gasteiger partial charge < -0.3 is 24.6 Å². The third-order valence-electron chi connectivity index (χ3n) is 5.65. The number of carbonyl (C=O) groups excluding carboxylic acids is 1. The van der Waals surface area contributed by atoms with Crippen molar-refractivity contribution in [3.05, 3.63) is 53.4 Å². The van der Waals surface area contributed by atoms with Crippen LogP contribution in [0.15, 0.2) is 40.9 Å². The minimum absolute atomic E-state index is 0.118. The molecule has 1 aromatic carbocycles. The van der Waals surface area contributed by atoms with Crippen LogP contribution in [0.2, 0.25) is 0 Å². The molecule has 27 heavy (non-hydrogen) atoms. The summed E-state index contributed by atoms with van der Waals surface area (Å²) in [7, 11) is 0. The van der Waals surface area contributed by atoms with E-state index in [0.29, 0.717) is 25.4 Å². The maximum Gasteiger partial charge on any atom is 0.407 e. The Morgan fingerprint density at radius 1 is 1.33 bits per heavy atom. The van der Waals surface area contributed by atoms with Crippen molar-refractivity contribution < 1.29 is 24.0 Å². The lowest BCUT2D eigenvalue weighted by Gasteiger charge is -2.23. The molecule has 8 heteroatoms.